The molecule has 0 fully saturated rings. The molecule has 1 N–H and O–H groups in total. The highest BCUT2D eigenvalue weighted by atomic mass is 14.7. The number of nitrogens with one attached hydrogen (secondary N) is 1. The zero-order chi connectivity index (χ0) is 18.0. The summed E-state index contributed by atoms with van der Waals surface area (Å²) in [5.74, 6) is 1.15. The summed E-state index contributed by atoms with van der Waals surface area (Å²) in [5, 5.41) is 2.69. The van der Waals surface area contributed by atoms with E-state index in [4.69, 9.17) is 0 Å². The molecule has 0 saturated carbocycles. The molecule has 2 aliphatic rings. The predicted octanol–water partition coefficient (Wildman–Crippen LogP) is 6.69. The molecular weight excluding hydrogens is 326 g/mol. The summed E-state index contributed by atoms with van der Waals surface area (Å²) in [5.41, 5.74) is 7.07. The average Bonchev–Trinajstić information content (AvgIpc) is 3.23. The first kappa shape index (κ1) is 15.3. The zero-order valence-electron chi connectivity index (χ0n) is 15.6. The molecule has 1 aromatic heterocycles. The molecule has 0 aliphatic heterocycles. The Morgan fingerprint density at radius 2 is 1.70 bits per heavy atom. The number of hydrogen-bond acceptors (Lipinski definition) is 0. The number of para-hydroxylation sites is 1. The summed E-state index contributed by atoms with van der Waals surface area (Å²) in [7, 11) is 0. The van der Waals surface area contributed by atoms with Gasteiger partial charge in [0.05, 0.1) is 5.52 Å². The van der Waals surface area contributed by atoms with Crippen LogP contribution in [0.4, 0.5) is 0 Å². The minimum absolute atomic E-state index is 0.00142. The summed E-state index contributed by atoms with van der Waals surface area (Å²) < 4.78 is 0. The van der Waals surface area contributed by atoms with E-state index in [2.05, 4.69) is 90.8 Å². The van der Waals surface area contributed by atoms with Crippen molar-refractivity contribution in [2.45, 2.75) is 31.1 Å². The lowest BCUT2D eigenvalue weighted by molar-refractivity contribution is 0.372. The van der Waals surface area contributed by atoms with Crippen LogP contribution < -0.4 is 0 Å². The lowest BCUT2D eigenvalue weighted by Crippen LogP contribution is -2.30. The van der Waals surface area contributed by atoms with Crippen LogP contribution in [-0.2, 0) is 5.41 Å². The van der Waals surface area contributed by atoms with Crippen molar-refractivity contribution in [2.24, 2.45) is 5.92 Å². The van der Waals surface area contributed by atoms with E-state index in [0.717, 1.165) is 0 Å². The van der Waals surface area contributed by atoms with Gasteiger partial charge in [-0.2, -0.15) is 0 Å². The molecule has 132 valence electrons. The minimum atomic E-state index is -0.00142. The molecule has 1 heterocycles. The van der Waals surface area contributed by atoms with Gasteiger partial charge in [-0.1, -0.05) is 79.7 Å². The molecule has 27 heavy (non-hydrogen) atoms. The molecule has 6 rings (SSSR count). The van der Waals surface area contributed by atoms with E-state index >= 15 is 0 Å². The molecule has 3 atom stereocenters. The lowest BCUT2D eigenvalue weighted by atomic mass is 9.67. The molecule has 1 nitrogen and oxygen atoms in total. The van der Waals surface area contributed by atoms with Gasteiger partial charge in [0.15, 0.2) is 0 Å². The highest BCUT2D eigenvalue weighted by molar-refractivity contribution is 6.09. The van der Waals surface area contributed by atoms with Crippen molar-refractivity contribution in [3.8, 4) is 0 Å². The van der Waals surface area contributed by atoms with Gasteiger partial charge in [-0.05, 0) is 47.4 Å². The molecule has 0 amide bonds. The molecule has 0 spiro atoms. The van der Waals surface area contributed by atoms with E-state index < -0.39 is 0 Å². The number of H-pyrrole nitrogens is 1. The number of aromatic nitrogens is 1. The van der Waals surface area contributed by atoms with Crippen LogP contribution in [0.2, 0.25) is 0 Å². The predicted molar refractivity (Wildman–Crippen MR) is 113 cm³/mol. The molecule has 0 radical (unpaired) electrons. The van der Waals surface area contributed by atoms with Gasteiger partial charge in [0.25, 0.3) is 0 Å². The van der Waals surface area contributed by atoms with Crippen LogP contribution in [-0.4, -0.2) is 4.98 Å². The Bertz CT molecular complexity index is 1200. The first-order valence-corrected chi connectivity index (χ1v) is 10.0. The highest BCUT2D eigenvalue weighted by Crippen LogP contribution is 2.59. The summed E-state index contributed by atoms with van der Waals surface area (Å²) in [6, 6.07) is 24.6. The molecule has 3 unspecified atom stereocenters. The Hall–Kier alpha value is -2.80. The van der Waals surface area contributed by atoms with Crippen molar-refractivity contribution in [2.75, 3.05) is 0 Å². The van der Waals surface area contributed by atoms with Crippen LogP contribution in [0.15, 0.2) is 78.9 Å². The molecule has 0 saturated heterocycles. The van der Waals surface area contributed by atoms with Crippen molar-refractivity contribution in [1.82, 2.24) is 4.98 Å². The highest BCUT2D eigenvalue weighted by Gasteiger charge is 2.50. The topological polar surface area (TPSA) is 15.8 Å². The van der Waals surface area contributed by atoms with E-state index in [1.807, 2.05) is 0 Å². The van der Waals surface area contributed by atoms with Crippen molar-refractivity contribution in [3.63, 3.8) is 0 Å². The average molecular weight is 349 g/mol. The number of hydrogen-bond donors (Lipinski definition) is 1. The maximum Gasteiger partial charge on any atom is 0.0509 e. The van der Waals surface area contributed by atoms with E-state index in [1.54, 1.807) is 5.56 Å². The summed E-state index contributed by atoms with van der Waals surface area (Å²) >= 11 is 0. The van der Waals surface area contributed by atoms with Crippen molar-refractivity contribution < 1.29 is 0 Å². The molecule has 0 bridgehead atoms. The van der Waals surface area contributed by atoms with Crippen molar-refractivity contribution in [3.05, 3.63) is 95.6 Å². The van der Waals surface area contributed by atoms with Crippen molar-refractivity contribution in [1.29, 1.82) is 0 Å². The Morgan fingerprint density at radius 1 is 0.889 bits per heavy atom. The lowest BCUT2D eigenvalue weighted by Gasteiger charge is -2.35. The molecule has 1 heteroatoms. The standard InChI is InChI=1S/C26H23N/c1-26(17-9-3-2-4-10-17)22-13-7-5-11-18(22)20-15-16-21-19-12-6-8-14-23(19)27-25(21)24(20)26/h2-4,6-10,12-16,18,22,27H,5,11H2,1H3. The van der Waals surface area contributed by atoms with E-state index in [0.29, 0.717) is 11.8 Å². The maximum absolute atomic E-state index is 3.79. The Kier molecular flexibility index (Phi) is 3.03. The fourth-order valence-corrected chi connectivity index (χ4v) is 5.87. The molecule has 4 aromatic rings. The van der Waals surface area contributed by atoms with Gasteiger partial charge in [0, 0.05) is 21.7 Å². The van der Waals surface area contributed by atoms with Gasteiger partial charge < -0.3 is 4.98 Å². The number of allylic oxidation sites excluding steroid dienone is 2. The van der Waals surface area contributed by atoms with Crippen LogP contribution in [0.5, 0.6) is 0 Å². The van der Waals surface area contributed by atoms with Crippen molar-refractivity contribution >= 4 is 21.8 Å². The van der Waals surface area contributed by atoms with Gasteiger partial charge in [-0.25, -0.2) is 0 Å². The minimum Gasteiger partial charge on any atom is -0.354 e. The number of rotatable bonds is 1. The second-order valence-electron chi connectivity index (χ2n) is 8.33. The zero-order valence-corrected chi connectivity index (χ0v) is 15.6. The number of benzene rings is 3. The van der Waals surface area contributed by atoms with E-state index in [1.165, 1.54) is 45.8 Å². The maximum atomic E-state index is 3.79. The number of aromatic amines is 1. The second-order valence-corrected chi connectivity index (χ2v) is 8.33. The van der Waals surface area contributed by atoms with Crippen LogP contribution >= 0.6 is 0 Å². The van der Waals surface area contributed by atoms with Gasteiger partial charge in [0.2, 0.25) is 0 Å². The van der Waals surface area contributed by atoms with Crippen LogP contribution in [0, 0.1) is 5.92 Å². The molecule has 2 aliphatic carbocycles. The molecule has 3 aromatic carbocycles. The normalized spacial score (nSPS) is 26.4. The van der Waals surface area contributed by atoms with Gasteiger partial charge in [-0.3, -0.25) is 0 Å². The van der Waals surface area contributed by atoms with Gasteiger partial charge >= 0.3 is 0 Å². The monoisotopic (exact) mass is 349 g/mol. The summed E-state index contributed by atoms with van der Waals surface area (Å²) in [6.45, 7) is 2.46. The van der Waals surface area contributed by atoms with Gasteiger partial charge in [-0.15, -0.1) is 0 Å². The third-order valence-electron chi connectivity index (χ3n) is 7.09. The van der Waals surface area contributed by atoms with E-state index in [-0.39, 0.29) is 5.41 Å². The fraction of sp³-hybridized carbons (Fsp3) is 0.231. The summed E-state index contributed by atoms with van der Waals surface area (Å²) in [6.07, 6.45) is 7.34. The third kappa shape index (κ3) is 1.89. The fourth-order valence-electron chi connectivity index (χ4n) is 5.87. The largest absolute Gasteiger partial charge is 0.354 e. The Morgan fingerprint density at radius 3 is 2.59 bits per heavy atom. The smallest absolute Gasteiger partial charge is 0.0509 e. The Balaban J connectivity index is 1.75. The van der Waals surface area contributed by atoms with Crippen LogP contribution in [0.3, 0.4) is 0 Å². The second kappa shape index (κ2) is 5.36. The van der Waals surface area contributed by atoms with Gasteiger partial charge in [0.1, 0.15) is 0 Å². The van der Waals surface area contributed by atoms with Crippen LogP contribution in [0.1, 0.15) is 42.4 Å². The Labute approximate surface area is 159 Å². The number of fused-ring (bicyclic) bond motifs is 7. The molecular formula is C26H23N. The quantitative estimate of drug-likeness (QED) is 0.368. The van der Waals surface area contributed by atoms with E-state index in [9.17, 15) is 0 Å². The first-order valence-electron chi connectivity index (χ1n) is 10.0. The SMILES string of the molecule is CC1(c2ccccc2)c2c(ccc3c2[nH]c2ccccc23)C2CCC=CC21. The summed E-state index contributed by atoms with van der Waals surface area (Å²) in [4.78, 5) is 3.79. The van der Waals surface area contributed by atoms with Crippen LogP contribution in [0.25, 0.3) is 21.8 Å². The third-order valence-corrected chi connectivity index (χ3v) is 7.09. The first-order chi connectivity index (χ1) is 13.3.